The lowest BCUT2D eigenvalue weighted by molar-refractivity contribution is 1.02. The van der Waals surface area contributed by atoms with Crippen LogP contribution in [0.15, 0.2) is 12.1 Å². The first-order chi connectivity index (χ1) is 6.06. The molecule has 0 fully saturated rings. The molecule has 0 amide bonds. The maximum Gasteiger partial charge on any atom is 0.0366 e. The van der Waals surface area contributed by atoms with E-state index in [9.17, 15) is 0 Å². The van der Waals surface area contributed by atoms with Crippen molar-refractivity contribution in [2.75, 3.05) is 19.0 Å². The molecule has 0 unspecified atom stereocenters. The highest BCUT2D eigenvalue weighted by atomic mass is 15.1. The smallest absolute Gasteiger partial charge is 0.0366 e. The molecule has 2 nitrogen and oxygen atoms in total. The quantitative estimate of drug-likeness (QED) is 0.748. The normalized spacial score (nSPS) is 10.2. The van der Waals surface area contributed by atoms with Crippen molar-refractivity contribution in [3.63, 3.8) is 0 Å². The van der Waals surface area contributed by atoms with Crippen LogP contribution in [0, 0.1) is 13.8 Å². The molecule has 0 spiro atoms. The average molecular weight is 178 g/mol. The van der Waals surface area contributed by atoms with Crippen molar-refractivity contribution < 1.29 is 0 Å². The van der Waals surface area contributed by atoms with E-state index in [1.807, 2.05) is 0 Å². The third-order valence-electron chi connectivity index (χ3n) is 2.40. The standard InChI is InChI=1S/C11H18N2/c1-8-5-10(13(3)4)6-9(2)11(8)7-12/h5-6H,7,12H2,1-4H3. The predicted octanol–water partition coefficient (Wildman–Crippen LogP) is 1.83. The third kappa shape index (κ3) is 2.01. The van der Waals surface area contributed by atoms with Crippen molar-refractivity contribution in [2.24, 2.45) is 5.73 Å². The van der Waals surface area contributed by atoms with E-state index in [-0.39, 0.29) is 0 Å². The van der Waals surface area contributed by atoms with Crippen molar-refractivity contribution >= 4 is 5.69 Å². The van der Waals surface area contributed by atoms with Gasteiger partial charge in [0.1, 0.15) is 0 Å². The van der Waals surface area contributed by atoms with Crippen LogP contribution in [0.25, 0.3) is 0 Å². The molecule has 1 rings (SSSR count). The summed E-state index contributed by atoms with van der Waals surface area (Å²) in [5, 5.41) is 0. The van der Waals surface area contributed by atoms with Crippen LogP contribution in [0.3, 0.4) is 0 Å². The van der Waals surface area contributed by atoms with Gasteiger partial charge in [-0.2, -0.15) is 0 Å². The summed E-state index contributed by atoms with van der Waals surface area (Å²) in [7, 11) is 4.10. The Hall–Kier alpha value is -1.02. The number of anilines is 1. The predicted molar refractivity (Wildman–Crippen MR) is 58.1 cm³/mol. The monoisotopic (exact) mass is 178 g/mol. The molecule has 0 radical (unpaired) electrons. The van der Waals surface area contributed by atoms with Gasteiger partial charge in [-0.05, 0) is 42.7 Å². The zero-order valence-electron chi connectivity index (χ0n) is 8.89. The Labute approximate surface area is 80.4 Å². The molecule has 1 aromatic rings. The SMILES string of the molecule is Cc1cc(N(C)C)cc(C)c1CN. The second kappa shape index (κ2) is 3.79. The summed E-state index contributed by atoms with van der Waals surface area (Å²) < 4.78 is 0. The third-order valence-corrected chi connectivity index (χ3v) is 2.40. The molecular weight excluding hydrogens is 160 g/mol. The Morgan fingerprint density at radius 1 is 1.15 bits per heavy atom. The van der Waals surface area contributed by atoms with E-state index in [0.29, 0.717) is 6.54 Å². The van der Waals surface area contributed by atoms with Gasteiger partial charge in [0.25, 0.3) is 0 Å². The summed E-state index contributed by atoms with van der Waals surface area (Å²) in [6, 6.07) is 4.35. The highest BCUT2D eigenvalue weighted by molar-refractivity contribution is 5.53. The van der Waals surface area contributed by atoms with Gasteiger partial charge in [-0.15, -0.1) is 0 Å². The molecule has 0 atom stereocenters. The minimum atomic E-state index is 0.630. The summed E-state index contributed by atoms with van der Waals surface area (Å²) in [5.41, 5.74) is 10.7. The van der Waals surface area contributed by atoms with Crippen LogP contribution in [-0.4, -0.2) is 14.1 Å². The van der Waals surface area contributed by atoms with Gasteiger partial charge in [0.2, 0.25) is 0 Å². The van der Waals surface area contributed by atoms with Gasteiger partial charge in [0.15, 0.2) is 0 Å². The summed E-state index contributed by atoms with van der Waals surface area (Å²) in [5.74, 6) is 0. The fraction of sp³-hybridized carbons (Fsp3) is 0.455. The van der Waals surface area contributed by atoms with Crippen LogP contribution >= 0.6 is 0 Å². The molecule has 2 N–H and O–H groups in total. The molecule has 0 aliphatic rings. The Balaban J connectivity index is 3.20. The first-order valence-electron chi connectivity index (χ1n) is 4.53. The maximum atomic E-state index is 5.66. The Bertz CT molecular complexity index is 280. The van der Waals surface area contributed by atoms with Gasteiger partial charge in [-0.3, -0.25) is 0 Å². The van der Waals surface area contributed by atoms with E-state index < -0.39 is 0 Å². The average Bonchev–Trinajstić information content (AvgIpc) is 2.03. The number of benzene rings is 1. The lowest BCUT2D eigenvalue weighted by Crippen LogP contribution is -2.11. The number of hydrogen-bond donors (Lipinski definition) is 1. The highest BCUT2D eigenvalue weighted by Crippen LogP contribution is 2.21. The number of nitrogens with two attached hydrogens (primary N) is 1. The minimum Gasteiger partial charge on any atom is -0.378 e. The molecule has 1 aromatic carbocycles. The van der Waals surface area contributed by atoms with Crippen LogP contribution in [0.1, 0.15) is 16.7 Å². The largest absolute Gasteiger partial charge is 0.378 e. The summed E-state index contributed by atoms with van der Waals surface area (Å²) >= 11 is 0. The molecule has 0 heterocycles. The van der Waals surface area contributed by atoms with Gasteiger partial charge in [-0.1, -0.05) is 0 Å². The van der Waals surface area contributed by atoms with Crippen molar-refractivity contribution in [1.82, 2.24) is 0 Å². The number of hydrogen-bond acceptors (Lipinski definition) is 2. The Morgan fingerprint density at radius 3 is 1.92 bits per heavy atom. The number of nitrogens with zero attached hydrogens (tertiary/aromatic N) is 1. The van der Waals surface area contributed by atoms with Crippen LogP contribution in [0.4, 0.5) is 5.69 Å². The second-order valence-corrected chi connectivity index (χ2v) is 3.66. The zero-order valence-corrected chi connectivity index (χ0v) is 8.89. The van der Waals surface area contributed by atoms with Crippen molar-refractivity contribution in [2.45, 2.75) is 20.4 Å². The van der Waals surface area contributed by atoms with Crippen molar-refractivity contribution in [3.05, 3.63) is 28.8 Å². The van der Waals surface area contributed by atoms with E-state index in [4.69, 9.17) is 5.73 Å². The molecule has 0 bridgehead atoms. The molecule has 0 saturated heterocycles. The molecule has 0 saturated carbocycles. The molecule has 72 valence electrons. The van der Waals surface area contributed by atoms with E-state index in [2.05, 4.69) is 45.0 Å². The first-order valence-corrected chi connectivity index (χ1v) is 4.53. The fourth-order valence-corrected chi connectivity index (χ4v) is 1.55. The van der Waals surface area contributed by atoms with E-state index in [1.165, 1.54) is 22.4 Å². The van der Waals surface area contributed by atoms with E-state index in [0.717, 1.165) is 0 Å². The van der Waals surface area contributed by atoms with Crippen LogP contribution < -0.4 is 10.6 Å². The van der Waals surface area contributed by atoms with Crippen molar-refractivity contribution in [1.29, 1.82) is 0 Å². The lowest BCUT2D eigenvalue weighted by Gasteiger charge is -2.16. The van der Waals surface area contributed by atoms with Gasteiger partial charge < -0.3 is 10.6 Å². The van der Waals surface area contributed by atoms with Gasteiger partial charge in [0.05, 0.1) is 0 Å². The van der Waals surface area contributed by atoms with Crippen LogP contribution in [0.5, 0.6) is 0 Å². The molecule has 13 heavy (non-hydrogen) atoms. The molecule has 0 aliphatic heterocycles. The zero-order chi connectivity index (χ0) is 10.0. The lowest BCUT2D eigenvalue weighted by atomic mass is 10.0. The van der Waals surface area contributed by atoms with Crippen LogP contribution in [-0.2, 0) is 6.54 Å². The maximum absolute atomic E-state index is 5.66. The topological polar surface area (TPSA) is 29.3 Å². The van der Waals surface area contributed by atoms with E-state index >= 15 is 0 Å². The molecule has 2 heteroatoms. The summed E-state index contributed by atoms with van der Waals surface area (Å²) in [6.45, 7) is 4.86. The molecule has 0 aliphatic carbocycles. The highest BCUT2D eigenvalue weighted by Gasteiger charge is 2.03. The number of aryl methyl sites for hydroxylation is 2. The summed E-state index contributed by atoms with van der Waals surface area (Å²) in [6.07, 6.45) is 0. The van der Waals surface area contributed by atoms with Gasteiger partial charge in [-0.25, -0.2) is 0 Å². The van der Waals surface area contributed by atoms with Gasteiger partial charge in [0, 0.05) is 26.3 Å². The Morgan fingerprint density at radius 2 is 1.62 bits per heavy atom. The van der Waals surface area contributed by atoms with E-state index in [1.54, 1.807) is 0 Å². The second-order valence-electron chi connectivity index (χ2n) is 3.66. The van der Waals surface area contributed by atoms with Crippen molar-refractivity contribution in [3.8, 4) is 0 Å². The fourth-order valence-electron chi connectivity index (χ4n) is 1.55. The minimum absolute atomic E-state index is 0.630. The number of rotatable bonds is 2. The molecular formula is C11H18N2. The van der Waals surface area contributed by atoms with Gasteiger partial charge >= 0.3 is 0 Å². The Kier molecular flexibility index (Phi) is 2.94. The molecule has 0 aromatic heterocycles. The summed E-state index contributed by atoms with van der Waals surface area (Å²) in [4.78, 5) is 2.11. The first kappa shape index (κ1) is 10.1. The van der Waals surface area contributed by atoms with Crippen LogP contribution in [0.2, 0.25) is 0 Å².